The average Bonchev–Trinajstić information content (AvgIpc) is 2.36. The first kappa shape index (κ1) is 16.9. The van der Waals surface area contributed by atoms with Crippen LogP contribution in [-0.2, 0) is 14.2 Å². The van der Waals surface area contributed by atoms with Crippen molar-refractivity contribution >= 4 is 0 Å². The van der Waals surface area contributed by atoms with Crippen LogP contribution in [0, 0.1) is 0 Å². The van der Waals surface area contributed by atoms with Crippen molar-refractivity contribution < 1.29 is 14.2 Å². The van der Waals surface area contributed by atoms with Gasteiger partial charge < -0.3 is 14.2 Å². The molecule has 0 aliphatic rings. The fourth-order valence-corrected chi connectivity index (χ4v) is 1.58. The Balaban J connectivity index is 3.69. The molecule has 17 heavy (non-hydrogen) atoms. The van der Waals surface area contributed by atoms with E-state index >= 15 is 0 Å². The first-order valence-electron chi connectivity index (χ1n) is 7.00. The number of unbranched alkanes of at least 4 members (excludes halogenated alkanes) is 1. The van der Waals surface area contributed by atoms with Gasteiger partial charge in [0.2, 0.25) is 0 Å². The summed E-state index contributed by atoms with van der Waals surface area (Å²) < 4.78 is 16.7. The predicted molar refractivity (Wildman–Crippen MR) is 71.5 cm³/mol. The summed E-state index contributed by atoms with van der Waals surface area (Å²) >= 11 is 0. The van der Waals surface area contributed by atoms with Gasteiger partial charge in [0.1, 0.15) is 0 Å². The molecule has 0 aromatic heterocycles. The van der Waals surface area contributed by atoms with Gasteiger partial charge in [-0.2, -0.15) is 0 Å². The third kappa shape index (κ3) is 9.57. The fourth-order valence-electron chi connectivity index (χ4n) is 1.58. The molecular weight excluding hydrogens is 216 g/mol. The normalized spacial score (nSPS) is 14.8. The molecule has 2 unspecified atom stereocenters. The zero-order valence-electron chi connectivity index (χ0n) is 12.0. The van der Waals surface area contributed by atoms with Crippen LogP contribution in [0.25, 0.3) is 0 Å². The lowest BCUT2D eigenvalue weighted by atomic mass is 10.2. The van der Waals surface area contributed by atoms with Crippen molar-refractivity contribution in [1.82, 2.24) is 0 Å². The molecule has 0 heterocycles. The van der Waals surface area contributed by atoms with Crippen LogP contribution >= 0.6 is 0 Å². The topological polar surface area (TPSA) is 27.7 Å². The summed E-state index contributed by atoms with van der Waals surface area (Å²) in [4.78, 5) is 0. The number of hydrogen-bond acceptors (Lipinski definition) is 3. The van der Waals surface area contributed by atoms with Gasteiger partial charge in [0.05, 0.1) is 18.8 Å². The smallest absolute Gasteiger partial charge is 0.0806 e. The van der Waals surface area contributed by atoms with Crippen LogP contribution in [0.4, 0.5) is 0 Å². The van der Waals surface area contributed by atoms with Gasteiger partial charge in [-0.1, -0.05) is 27.2 Å². The van der Waals surface area contributed by atoms with Gasteiger partial charge in [0, 0.05) is 20.3 Å². The van der Waals surface area contributed by atoms with Gasteiger partial charge >= 0.3 is 0 Å². The third-order valence-corrected chi connectivity index (χ3v) is 2.92. The fraction of sp³-hybridized carbons (Fsp3) is 1.00. The molecule has 3 nitrogen and oxygen atoms in total. The molecule has 0 fully saturated rings. The molecule has 0 amide bonds. The second-order valence-corrected chi connectivity index (χ2v) is 4.40. The Morgan fingerprint density at radius 3 is 2.12 bits per heavy atom. The first-order chi connectivity index (χ1) is 8.28. The van der Waals surface area contributed by atoms with Crippen molar-refractivity contribution in [2.45, 2.75) is 65.1 Å². The molecule has 0 N–H and O–H groups in total. The Hall–Kier alpha value is -0.120. The molecule has 0 aliphatic heterocycles. The summed E-state index contributed by atoms with van der Waals surface area (Å²) in [5.74, 6) is 0. The molecule has 0 aromatic rings. The Morgan fingerprint density at radius 1 is 0.882 bits per heavy atom. The summed E-state index contributed by atoms with van der Waals surface area (Å²) in [5.41, 5.74) is 0. The standard InChI is InChI=1S/C14H30O3/c1-5-8-10-16-14(7-3)12-17-13(6-2)9-11-15-4/h13-14H,5-12H2,1-4H3. The highest BCUT2D eigenvalue weighted by atomic mass is 16.5. The van der Waals surface area contributed by atoms with E-state index in [-0.39, 0.29) is 6.10 Å². The Morgan fingerprint density at radius 2 is 1.59 bits per heavy atom. The van der Waals surface area contributed by atoms with Gasteiger partial charge in [0.15, 0.2) is 0 Å². The Bertz CT molecular complexity index is 150. The van der Waals surface area contributed by atoms with Crippen molar-refractivity contribution in [2.24, 2.45) is 0 Å². The molecule has 0 radical (unpaired) electrons. The molecule has 104 valence electrons. The van der Waals surface area contributed by atoms with E-state index in [2.05, 4.69) is 20.8 Å². The maximum atomic E-state index is 5.87. The van der Waals surface area contributed by atoms with E-state index in [4.69, 9.17) is 14.2 Å². The minimum atomic E-state index is 0.248. The van der Waals surface area contributed by atoms with Crippen molar-refractivity contribution in [3.8, 4) is 0 Å². The van der Waals surface area contributed by atoms with Crippen LogP contribution < -0.4 is 0 Å². The minimum absolute atomic E-state index is 0.248. The maximum absolute atomic E-state index is 5.87. The summed E-state index contributed by atoms with van der Waals surface area (Å²) in [6.07, 6.45) is 5.90. The lowest BCUT2D eigenvalue weighted by molar-refractivity contribution is -0.0534. The molecule has 0 bridgehead atoms. The zero-order chi connectivity index (χ0) is 12.9. The van der Waals surface area contributed by atoms with Crippen molar-refractivity contribution in [1.29, 1.82) is 0 Å². The highest BCUT2D eigenvalue weighted by Gasteiger charge is 2.11. The van der Waals surface area contributed by atoms with Crippen LogP contribution in [0.3, 0.4) is 0 Å². The van der Waals surface area contributed by atoms with Crippen molar-refractivity contribution in [2.75, 3.05) is 26.9 Å². The lowest BCUT2D eigenvalue weighted by Gasteiger charge is -2.21. The molecule has 0 rings (SSSR count). The molecule has 0 aromatic carbocycles. The molecule has 2 atom stereocenters. The summed E-state index contributed by atoms with van der Waals surface area (Å²) in [5, 5.41) is 0. The quantitative estimate of drug-likeness (QED) is 0.494. The number of hydrogen-bond donors (Lipinski definition) is 0. The van der Waals surface area contributed by atoms with Gasteiger partial charge in [-0.15, -0.1) is 0 Å². The highest BCUT2D eigenvalue weighted by molar-refractivity contribution is 4.59. The highest BCUT2D eigenvalue weighted by Crippen LogP contribution is 2.08. The van der Waals surface area contributed by atoms with E-state index < -0.39 is 0 Å². The van der Waals surface area contributed by atoms with Crippen molar-refractivity contribution in [3.63, 3.8) is 0 Å². The zero-order valence-corrected chi connectivity index (χ0v) is 12.0. The summed E-state index contributed by atoms with van der Waals surface area (Å²) in [6, 6.07) is 0. The molecule has 3 heteroatoms. The second-order valence-electron chi connectivity index (χ2n) is 4.40. The molecular formula is C14H30O3. The van der Waals surface area contributed by atoms with Crippen LogP contribution in [0.15, 0.2) is 0 Å². The second kappa shape index (κ2) is 12.3. The SMILES string of the molecule is CCCCOC(CC)COC(CC)CCOC. The predicted octanol–water partition coefficient (Wildman–Crippen LogP) is 3.41. The molecule has 0 spiro atoms. The maximum Gasteiger partial charge on any atom is 0.0806 e. The number of methoxy groups -OCH3 is 1. The Kier molecular flexibility index (Phi) is 12.3. The molecule has 0 aliphatic carbocycles. The minimum Gasteiger partial charge on any atom is -0.385 e. The first-order valence-corrected chi connectivity index (χ1v) is 7.00. The van der Waals surface area contributed by atoms with Gasteiger partial charge in [-0.25, -0.2) is 0 Å². The van der Waals surface area contributed by atoms with E-state index in [9.17, 15) is 0 Å². The number of ether oxygens (including phenoxy) is 3. The van der Waals surface area contributed by atoms with Gasteiger partial charge in [0.25, 0.3) is 0 Å². The van der Waals surface area contributed by atoms with E-state index in [0.717, 1.165) is 38.9 Å². The largest absolute Gasteiger partial charge is 0.385 e. The molecule has 0 saturated carbocycles. The van der Waals surface area contributed by atoms with E-state index in [1.807, 2.05) is 0 Å². The van der Waals surface area contributed by atoms with Crippen LogP contribution in [0.2, 0.25) is 0 Å². The van der Waals surface area contributed by atoms with E-state index in [1.54, 1.807) is 7.11 Å². The van der Waals surface area contributed by atoms with E-state index in [0.29, 0.717) is 12.7 Å². The van der Waals surface area contributed by atoms with Crippen LogP contribution in [0.1, 0.15) is 52.9 Å². The average molecular weight is 246 g/mol. The van der Waals surface area contributed by atoms with Gasteiger partial charge in [-0.05, 0) is 25.7 Å². The molecule has 0 saturated heterocycles. The van der Waals surface area contributed by atoms with Crippen LogP contribution in [0.5, 0.6) is 0 Å². The summed E-state index contributed by atoms with van der Waals surface area (Å²) in [7, 11) is 1.73. The lowest BCUT2D eigenvalue weighted by Crippen LogP contribution is -2.24. The third-order valence-electron chi connectivity index (χ3n) is 2.92. The summed E-state index contributed by atoms with van der Waals surface area (Å²) in [6.45, 7) is 8.82. The van der Waals surface area contributed by atoms with E-state index in [1.165, 1.54) is 6.42 Å². The number of rotatable bonds is 12. The van der Waals surface area contributed by atoms with Gasteiger partial charge in [-0.3, -0.25) is 0 Å². The van der Waals surface area contributed by atoms with Crippen molar-refractivity contribution in [3.05, 3.63) is 0 Å². The van der Waals surface area contributed by atoms with Crippen LogP contribution in [-0.4, -0.2) is 39.1 Å². The Labute approximate surface area is 107 Å². The monoisotopic (exact) mass is 246 g/mol.